The first kappa shape index (κ1) is 20.3. The van der Waals surface area contributed by atoms with Crippen molar-refractivity contribution in [3.8, 4) is 0 Å². The van der Waals surface area contributed by atoms with Crippen molar-refractivity contribution in [1.29, 1.82) is 0 Å². The molecule has 6 nitrogen and oxygen atoms in total. The lowest BCUT2D eigenvalue weighted by atomic mass is 10.1. The number of benzene rings is 2. The fraction of sp³-hybridized carbons (Fsp3) is 0.261. The third-order valence-corrected chi connectivity index (χ3v) is 4.22. The van der Waals surface area contributed by atoms with Crippen molar-refractivity contribution in [3.05, 3.63) is 71.6 Å². The van der Waals surface area contributed by atoms with Crippen LogP contribution >= 0.6 is 0 Å². The highest BCUT2D eigenvalue weighted by Crippen LogP contribution is 2.15. The van der Waals surface area contributed by atoms with E-state index in [2.05, 4.69) is 10.3 Å². The summed E-state index contributed by atoms with van der Waals surface area (Å²) in [6.07, 6.45) is 2.80. The van der Waals surface area contributed by atoms with Gasteiger partial charge in [-0.05, 0) is 56.2 Å². The first-order valence-electron chi connectivity index (χ1n) is 9.42. The summed E-state index contributed by atoms with van der Waals surface area (Å²) in [4.78, 5) is 28.8. The van der Waals surface area contributed by atoms with E-state index in [-0.39, 0.29) is 5.78 Å². The molecule has 3 aromatic rings. The van der Waals surface area contributed by atoms with Crippen molar-refractivity contribution < 1.29 is 14.3 Å². The van der Waals surface area contributed by atoms with Gasteiger partial charge >= 0.3 is 6.09 Å². The summed E-state index contributed by atoms with van der Waals surface area (Å²) >= 11 is 0. The number of alkyl carbamates (subject to hydrolysis) is 1. The van der Waals surface area contributed by atoms with Gasteiger partial charge in [-0.15, -0.1) is 0 Å². The summed E-state index contributed by atoms with van der Waals surface area (Å²) in [6, 6.07) is 15.2. The minimum Gasteiger partial charge on any atom is -0.444 e. The molecule has 3 rings (SSSR count). The van der Waals surface area contributed by atoms with Crippen molar-refractivity contribution in [2.75, 3.05) is 0 Å². The molecule has 0 bridgehead atoms. The molecule has 1 N–H and O–H groups in total. The van der Waals surface area contributed by atoms with Gasteiger partial charge in [0.25, 0.3) is 0 Å². The monoisotopic (exact) mass is 391 g/mol. The van der Waals surface area contributed by atoms with Crippen LogP contribution in [0.1, 0.15) is 42.5 Å². The molecule has 0 aliphatic heterocycles. The highest BCUT2D eigenvalue weighted by Gasteiger charge is 2.15. The van der Waals surface area contributed by atoms with Crippen LogP contribution in [0.4, 0.5) is 4.79 Å². The van der Waals surface area contributed by atoms with E-state index in [0.29, 0.717) is 12.4 Å². The van der Waals surface area contributed by atoms with E-state index in [1.807, 2.05) is 76.3 Å². The quantitative estimate of drug-likeness (QED) is 0.514. The number of rotatable bonds is 5. The zero-order chi connectivity index (χ0) is 21.0. The number of allylic oxidation sites excluding steroid dienone is 1. The molecule has 2 aromatic carbocycles. The Labute approximate surface area is 170 Å². The van der Waals surface area contributed by atoms with E-state index < -0.39 is 11.7 Å². The van der Waals surface area contributed by atoms with Crippen molar-refractivity contribution in [2.45, 2.75) is 32.9 Å². The third kappa shape index (κ3) is 5.31. The fourth-order valence-corrected chi connectivity index (χ4v) is 2.91. The lowest BCUT2D eigenvalue weighted by molar-refractivity contribution is 0.0523. The molecule has 0 atom stereocenters. The Kier molecular flexibility index (Phi) is 5.82. The molecule has 0 aliphatic rings. The number of aromatic nitrogens is 2. The average molecular weight is 391 g/mol. The Morgan fingerprint density at radius 2 is 1.90 bits per heavy atom. The number of aryl methyl sites for hydroxylation is 1. The number of hydrogen-bond donors (Lipinski definition) is 1. The van der Waals surface area contributed by atoms with Crippen molar-refractivity contribution in [1.82, 2.24) is 14.9 Å². The van der Waals surface area contributed by atoms with Gasteiger partial charge in [0.15, 0.2) is 5.82 Å². The number of ether oxygens (including phenoxy) is 1. The second kappa shape index (κ2) is 8.31. The van der Waals surface area contributed by atoms with E-state index in [4.69, 9.17) is 4.74 Å². The average Bonchev–Trinajstić information content (AvgIpc) is 3.01. The molecule has 29 heavy (non-hydrogen) atoms. The summed E-state index contributed by atoms with van der Waals surface area (Å²) in [5.74, 6) is 0.228. The molecule has 0 saturated carbocycles. The number of fused-ring (bicyclic) bond motifs is 1. The highest BCUT2D eigenvalue weighted by atomic mass is 16.6. The van der Waals surface area contributed by atoms with E-state index in [9.17, 15) is 9.59 Å². The molecule has 1 amide bonds. The molecular weight excluding hydrogens is 366 g/mol. The SMILES string of the molecule is Cn1c(C(=O)/C=C/c2cccc(CNC(=O)OC(C)(C)C)c2)nc2ccccc21. The molecule has 6 heteroatoms. The maximum atomic E-state index is 12.6. The van der Waals surface area contributed by atoms with Crippen LogP contribution in [0.3, 0.4) is 0 Å². The van der Waals surface area contributed by atoms with Gasteiger partial charge in [0.2, 0.25) is 5.78 Å². The molecule has 1 heterocycles. The molecule has 1 aromatic heterocycles. The van der Waals surface area contributed by atoms with Gasteiger partial charge < -0.3 is 14.6 Å². The molecule has 0 aliphatic carbocycles. The molecule has 150 valence electrons. The number of hydrogen-bond acceptors (Lipinski definition) is 4. The Balaban J connectivity index is 1.67. The summed E-state index contributed by atoms with van der Waals surface area (Å²) in [5, 5.41) is 2.73. The molecule has 0 spiro atoms. The maximum absolute atomic E-state index is 12.6. The number of imidazole rings is 1. The van der Waals surface area contributed by atoms with Gasteiger partial charge in [-0.2, -0.15) is 0 Å². The Bertz CT molecular complexity index is 1070. The second-order valence-electron chi connectivity index (χ2n) is 7.78. The van der Waals surface area contributed by atoms with Crippen LogP contribution in [0.5, 0.6) is 0 Å². The van der Waals surface area contributed by atoms with Crippen molar-refractivity contribution in [2.24, 2.45) is 7.05 Å². The Hall–Kier alpha value is -3.41. The smallest absolute Gasteiger partial charge is 0.407 e. The number of amides is 1. The first-order valence-corrected chi connectivity index (χ1v) is 9.42. The molecule has 0 saturated heterocycles. The molecular formula is C23H25N3O3. The largest absolute Gasteiger partial charge is 0.444 e. The summed E-state index contributed by atoms with van der Waals surface area (Å²) < 4.78 is 7.03. The number of carbonyl (C=O) groups excluding carboxylic acids is 2. The van der Waals surface area contributed by atoms with Crippen LogP contribution in [-0.4, -0.2) is 27.0 Å². The number of nitrogens with zero attached hydrogens (tertiary/aromatic N) is 2. The summed E-state index contributed by atoms with van der Waals surface area (Å²) in [7, 11) is 1.83. The van der Waals surface area contributed by atoms with Crippen LogP contribution in [0.2, 0.25) is 0 Å². The van der Waals surface area contributed by atoms with Crippen molar-refractivity contribution in [3.63, 3.8) is 0 Å². The van der Waals surface area contributed by atoms with E-state index in [0.717, 1.165) is 22.2 Å². The van der Waals surface area contributed by atoms with Crippen molar-refractivity contribution >= 4 is 29.0 Å². The van der Waals surface area contributed by atoms with Crippen LogP contribution in [0, 0.1) is 0 Å². The second-order valence-corrected chi connectivity index (χ2v) is 7.78. The standard InChI is InChI=1S/C23H25N3O3/c1-23(2,3)29-22(28)24-15-17-9-7-8-16(14-17)12-13-20(27)21-25-18-10-5-6-11-19(18)26(21)4/h5-14H,15H2,1-4H3,(H,24,28)/b13-12+. The Morgan fingerprint density at radius 3 is 2.62 bits per heavy atom. The lowest BCUT2D eigenvalue weighted by Gasteiger charge is -2.19. The summed E-state index contributed by atoms with van der Waals surface area (Å²) in [5.41, 5.74) is 2.94. The first-order chi connectivity index (χ1) is 13.7. The topological polar surface area (TPSA) is 73.2 Å². The number of ketones is 1. The highest BCUT2D eigenvalue weighted by molar-refractivity contribution is 6.06. The normalized spacial score (nSPS) is 11.7. The third-order valence-electron chi connectivity index (χ3n) is 4.22. The van der Waals surface area contributed by atoms with Gasteiger partial charge in [-0.1, -0.05) is 36.4 Å². The zero-order valence-corrected chi connectivity index (χ0v) is 17.1. The van der Waals surface area contributed by atoms with E-state index >= 15 is 0 Å². The minimum absolute atomic E-state index is 0.166. The van der Waals surface area contributed by atoms with E-state index in [1.54, 1.807) is 10.6 Å². The predicted octanol–water partition coefficient (Wildman–Crippen LogP) is 4.49. The lowest BCUT2D eigenvalue weighted by Crippen LogP contribution is -2.32. The maximum Gasteiger partial charge on any atom is 0.407 e. The van der Waals surface area contributed by atoms with Crippen LogP contribution in [-0.2, 0) is 18.3 Å². The van der Waals surface area contributed by atoms with Gasteiger partial charge in [-0.25, -0.2) is 9.78 Å². The predicted molar refractivity (Wildman–Crippen MR) is 114 cm³/mol. The molecule has 0 unspecified atom stereocenters. The van der Waals surface area contributed by atoms with Gasteiger partial charge in [-0.3, -0.25) is 4.79 Å². The van der Waals surface area contributed by atoms with E-state index in [1.165, 1.54) is 6.08 Å². The zero-order valence-electron chi connectivity index (χ0n) is 17.1. The number of nitrogens with one attached hydrogen (secondary N) is 1. The molecule has 0 radical (unpaired) electrons. The number of para-hydroxylation sites is 2. The Morgan fingerprint density at radius 1 is 1.14 bits per heavy atom. The van der Waals surface area contributed by atoms with Gasteiger partial charge in [0.1, 0.15) is 5.60 Å². The van der Waals surface area contributed by atoms with Crippen LogP contribution < -0.4 is 5.32 Å². The van der Waals surface area contributed by atoms with Gasteiger partial charge in [0.05, 0.1) is 11.0 Å². The van der Waals surface area contributed by atoms with Crippen LogP contribution in [0.15, 0.2) is 54.6 Å². The minimum atomic E-state index is -0.537. The molecule has 0 fully saturated rings. The summed E-state index contributed by atoms with van der Waals surface area (Å²) in [6.45, 7) is 5.80. The van der Waals surface area contributed by atoms with Crippen LogP contribution in [0.25, 0.3) is 17.1 Å². The fourth-order valence-electron chi connectivity index (χ4n) is 2.91. The van der Waals surface area contributed by atoms with Gasteiger partial charge in [0, 0.05) is 13.6 Å². The number of carbonyl (C=O) groups is 2.